The van der Waals surface area contributed by atoms with Crippen molar-refractivity contribution < 1.29 is 9.72 Å². The van der Waals surface area contributed by atoms with Gasteiger partial charge in [-0.3, -0.25) is 14.9 Å². The number of anilines is 1. The van der Waals surface area contributed by atoms with Gasteiger partial charge in [-0.15, -0.1) is 0 Å². The molecule has 2 heterocycles. The van der Waals surface area contributed by atoms with Crippen molar-refractivity contribution in [2.24, 2.45) is 0 Å². The summed E-state index contributed by atoms with van der Waals surface area (Å²) in [5.74, 6) is 0.479. The van der Waals surface area contributed by atoms with E-state index >= 15 is 0 Å². The van der Waals surface area contributed by atoms with E-state index in [9.17, 15) is 14.9 Å². The standard InChI is InChI=1S/C12H11N5O3/c18-11-3-7(5-13-11)16-12-9-4-8(17(19)20)1-2-10(9)14-6-15-12/h1-2,4,6-7H,3,5H2,(H,13,18)(H,14,15,16). The van der Waals surface area contributed by atoms with Crippen LogP contribution >= 0.6 is 0 Å². The molecule has 0 saturated carbocycles. The molecule has 1 amide bonds. The molecule has 1 aromatic heterocycles. The van der Waals surface area contributed by atoms with Gasteiger partial charge in [0.05, 0.1) is 16.5 Å². The first-order chi connectivity index (χ1) is 9.63. The van der Waals surface area contributed by atoms with Gasteiger partial charge in [0.2, 0.25) is 5.91 Å². The molecule has 3 rings (SSSR count). The van der Waals surface area contributed by atoms with Crippen LogP contribution in [0, 0.1) is 10.1 Å². The van der Waals surface area contributed by atoms with Crippen LogP contribution in [0.4, 0.5) is 11.5 Å². The lowest BCUT2D eigenvalue weighted by atomic mass is 10.2. The van der Waals surface area contributed by atoms with Gasteiger partial charge in [-0.05, 0) is 6.07 Å². The highest BCUT2D eigenvalue weighted by atomic mass is 16.6. The fourth-order valence-electron chi connectivity index (χ4n) is 2.17. The number of carbonyl (C=O) groups is 1. The second kappa shape index (κ2) is 4.72. The van der Waals surface area contributed by atoms with Crippen LogP contribution in [0.15, 0.2) is 24.5 Å². The van der Waals surface area contributed by atoms with E-state index in [1.54, 1.807) is 6.07 Å². The molecule has 2 aromatic rings. The van der Waals surface area contributed by atoms with Crippen LogP contribution in [-0.4, -0.2) is 33.4 Å². The van der Waals surface area contributed by atoms with E-state index in [1.165, 1.54) is 18.5 Å². The van der Waals surface area contributed by atoms with E-state index in [2.05, 4.69) is 20.6 Å². The predicted octanol–water partition coefficient (Wildman–Crippen LogP) is 0.838. The number of fused-ring (bicyclic) bond motifs is 1. The largest absolute Gasteiger partial charge is 0.364 e. The quantitative estimate of drug-likeness (QED) is 0.633. The fourth-order valence-corrected chi connectivity index (χ4v) is 2.17. The number of amides is 1. The maximum Gasteiger partial charge on any atom is 0.270 e. The Kier molecular flexibility index (Phi) is 2.90. The number of non-ortho nitro benzene ring substituents is 1. The molecule has 1 aliphatic rings. The molecule has 1 aliphatic heterocycles. The van der Waals surface area contributed by atoms with Crippen molar-refractivity contribution in [3.05, 3.63) is 34.6 Å². The molecule has 0 bridgehead atoms. The second-order valence-electron chi connectivity index (χ2n) is 4.53. The van der Waals surface area contributed by atoms with Crippen molar-refractivity contribution in [1.29, 1.82) is 0 Å². The first-order valence-electron chi connectivity index (χ1n) is 6.06. The first-order valence-corrected chi connectivity index (χ1v) is 6.06. The lowest BCUT2D eigenvalue weighted by molar-refractivity contribution is -0.384. The van der Waals surface area contributed by atoms with Gasteiger partial charge in [0.15, 0.2) is 0 Å². The van der Waals surface area contributed by atoms with E-state index in [1.807, 2.05) is 0 Å². The summed E-state index contributed by atoms with van der Waals surface area (Å²) in [6, 6.07) is 4.35. The molecule has 0 radical (unpaired) electrons. The summed E-state index contributed by atoms with van der Waals surface area (Å²) in [5.41, 5.74) is 0.598. The summed E-state index contributed by atoms with van der Waals surface area (Å²) in [6.45, 7) is 0.513. The first kappa shape index (κ1) is 12.3. The van der Waals surface area contributed by atoms with Crippen LogP contribution in [0.5, 0.6) is 0 Å². The number of nitro groups is 1. The maximum absolute atomic E-state index is 11.2. The van der Waals surface area contributed by atoms with E-state index in [0.29, 0.717) is 29.7 Å². The molecule has 0 aliphatic carbocycles. The number of aromatic nitrogens is 2. The van der Waals surface area contributed by atoms with Crippen molar-refractivity contribution in [1.82, 2.24) is 15.3 Å². The van der Waals surface area contributed by atoms with Crippen LogP contribution in [-0.2, 0) is 4.79 Å². The lowest BCUT2D eigenvalue weighted by Gasteiger charge is -2.12. The number of benzene rings is 1. The molecule has 1 saturated heterocycles. The Morgan fingerprint density at radius 2 is 2.25 bits per heavy atom. The van der Waals surface area contributed by atoms with Crippen molar-refractivity contribution in [3.63, 3.8) is 0 Å². The fraction of sp³-hybridized carbons (Fsp3) is 0.250. The Morgan fingerprint density at radius 1 is 1.40 bits per heavy atom. The third kappa shape index (κ3) is 2.22. The molecule has 1 aromatic carbocycles. The topological polar surface area (TPSA) is 110 Å². The molecular weight excluding hydrogens is 262 g/mol. The van der Waals surface area contributed by atoms with Crippen LogP contribution in [0.25, 0.3) is 10.9 Å². The summed E-state index contributed by atoms with van der Waals surface area (Å²) in [4.78, 5) is 29.7. The zero-order valence-corrected chi connectivity index (χ0v) is 10.4. The average molecular weight is 273 g/mol. The summed E-state index contributed by atoms with van der Waals surface area (Å²) in [7, 11) is 0. The van der Waals surface area contributed by atoms with E-state index < -0.39 is 4.92 Å². The van der Waals surface area contributed by atoms with Gasteiger partial charge in [-0.1, -0.05) is 0 Å². The van der Waals surface area contributed by atoms with E-state index in [0.717, 1.165) is 0 Å². The molecule has 8 heteroatoms. The lowest BCUT2D eigenvalue weighted by Crippen LogP contribution is -2.23. The minimum Gasteiger partial charge on any atom is -0.364 e. The molecule has 0 spiro atoms. The van der Waals surface area contributed by atoms with Gasteiger partial charge in [0.25, 0.3) is 5.69 Å². The molecule has 20 heavy (non-hydrogen) atoms. The van der Waals surface area contributed by atoms with Crippen LogP contribution < -0.4 is 10.6 Å². The summed E-state index contributed by atoms with van der Waals surface area (Å²) >= 11 is 0. The molecule has 102 valence electrons. The number of carbonyl (C=O) groups excluding carboxylic acids is 1. The van der Waals surface area contributed by atoms with Crippen molar-refractivity contribution in [2.45, 2.75) is 12.5 Å². The zero-order valence-electron chi connectivity index (χ0n) is 10.4. The normalized spacial score (nSPS) is 18.0. The number of nitrogens with zero attached hydrogens (tertiary/aromatic N) is 3. The molecule has 8 nitrogen and oxygen atoms in total. The molecular formula is C12H11N5O3. The molecule has 1 unspecified atom stereocenters. The third-order valence-corrected chi connectivity index (χ3v) is 3.15. The highest BCUT2D eigenvalue weighted by Gasteiger charge is 2.22. The second-order valence-corrected chi connectivity index (χ2v) is 4.53. The number of nitrogens with one attached hydrogen (secondary N) is 2. The Morgan fingerprint density at radius 3 is 2.95 bits per heavy atom. The number of hydrogen-bond acceptors (Lipinski definition) is 6. The Labute approximate surface area is 113 Å². The van der Waals surface area contributed by atoms with Gasteiger partial charge in [0.1, 0.15) is 12.1 Å². The third-order valence-electron chi connectivity index (χ3n) is 3.15. The van der Waals surface area contributed by atoms with Crippen molar-refractivity contribution in [3.8, 4) is 0 Å². The Hall–Kier alpha value is -2.77. The zero-order chi connectivity index (χ0) is 14.1. The summed E-state index contributed by atoms with van der Waals surface area (Å²) < 4.78 is 0. The van der Waals surface area contributed by atoms with Crippen molar-refractivity contribution in [2.75, 3.05) is 11.9 Å². The van der Waals surface area contributed by atoms with Crippen LogP contribution in [0.2, 0.25) is 0 Å². The van der Waals surface area contributed by atoms with Gasteiger partial charge in [-0.25, -0.2) is 9.97 Å². The molecule has 2 N–H and O–H groups in total. The smallest absolute Gasteiger partial charge is 0.270 e. The van der Waals surface area contributed by atoms with Gasteiger partial charge in [0, 0.05) is 30.5 Å². The summed E-state index contributed by atoms with van der Waals surface area (Å²) in [6.07, 6.45) is 1.75. The SMILES string of the molecule is O=C1CC(Nc2ncnc3ccc([N+](=O)[O-])cc23)CN1. The number of hydrogen-bond donors (Lipinski definition) is 2. The van der Waals surface area contributed by atoms with Crippen LogP contribution in [0.1, 0.15) is 6.42 Å². The minimum atomic E-state index is -0.461. The van der Waals surface area contributed by atoms with Crippen LogP contribution in [0.3, 0.4) is 0 Å². The Bertz CT molecular complexity index is 703. The molecule has 1 atom stereocenters. The monoisotopic (exact) mass is 273 g/mol. The van der Waals surface area contributed by atoms with Gasteiger partial charge in [-0.2, -0.15) is 0 Å². The maximum atomic E-state index is 11.2. The average Bonchev–Trinajstić information content (AvgIpc) is 2.84. The van der Waals surface area contributed by atoms with Gasteiger partial charge < -0.3 is 10.6 Å². The number of nitro benzene ring substituents is 1. The number of rotatable bonds is 3. The van der Waals surface area contributed by atoms with Crippen molar-refractivity contribution >= 4 is 28.3 Å². The Balaban J connectivity index is 1.99. The highest BCUT2D eigenvalue weighted by molar-refractivity contribution is 5.91. The predicted molar refractivity (Wildman–Crippen MR) is 71.2 cm³/mol. The van der Waals surface area contributed by atoms with Gasteiger partial charge >= 0.3 is 0 Å². The van der Waals surface area contributed by atoms with E-state index in [4.69, 9.17) is 0 Å². The minimum absolute atomic E-state index is 0.0176. The van der Waals surface area contributed by atoms with E-state index in [-0.39, 0.29) is 17.6 Å². The summed E-state index contributed by atoms with van der Waals surface area (Å²) in [5, 5.41) is 17.2. The molecule has 1 fully saturated rings. The highest BCUT2D eigenvalue weighted by Crippen LogP contribution is 2.25.